The number of aliphatic hydroxyl groups excluding tert-OH is 1. The van der Waals surface area contributed by atoms with E-state index in [1.54, 1.807) is 22.3 Å². The van der Waals surface area contributed by atoms with E-state index < -0.39 is 0 Å². The van der Waals surface area contributed by atoms with Crippen LogP contribution in [0.15, 0.2) is 17.4 Å². The Balaban J connectivity index is 2.31. The first-order chi connectivity index (χ1) is 7.70. The molecule has 2 aromatic heterocycles. The van der Waals surface area contributed by atoms with Crippen molar-refractivity contribution < 1.29 is 5.11 Å². The number of hydrogen-bond acceptors (Lipinski definition) is 5. The standard InChI is InChI=1S/C9H11ClN4OS/c1-6(2-3-15)16-8-4-7(10)13-9-11-5-12-14(8)9/h4-6,15H,2-3H2,1H3. The van der Waals surface area contributed by atoms with Crippen LogP contribution in [0.25, 0.3) is 5.78 Å². The maximum Gasteiger partial charge on any atom is 0.254 e. The molecule has 0 aliphatic carbocycles. The Bertz CT molecular complexity index is 489. The summed E-state index contributed by atoms with van der Waals surface area (Å²) < 4.78 is 1.64. The lowest BCUT2D eigenvalue weighted by atomic mass is 10.3. The molecule has 0 aromatic carbocycles. The normalized spacial score (nSPS) is 13.2. The number of thioether (sulfide) groups is 1. The molecule has 86 valence electrons. The highest BCUT2D eigenvalue weighted by Crippen LogP contribution is 2.26. The molecule has 0 saturated carbocycles. The van der Waals surface area contributed by atoms with Gasteiger partial charge in [-0.25, -0.2) is 0 Å². The average Bonchev–Trinajstić information content (AvgIpc) is 2.65. The fourth-order valence-corrected chi connectivity index (χ4v) is 2.58. The predicted molar refractivity (Wildman–Crippen MR) is 62.8 cm³/mol. The van der Waals surface area contributed by atoms with Gasteiger partial charge in [-0.1, -0.05) is 18.5 Å². The second kappa shape index (κ2) is 4.99. The van der Waals surface area contributed by atoms with Crippen molar-refractivity contribution in [2.75, 3.05) is 6.61 Å². The van der Waals surface area contributed by atoms with Crippen LogP contribution in [-0.4, -0.2) is 36.5 Å². The first-order valence-electron chi connectivity index (χ1n) is 4.84. The summed E-state index contributed by atoms with van der Waals surface area (Å²) in [5, 5.41) is 14.5. The molecule has 1 unspecified atom stereocenters. The van der Waals surface area contributed by atoms with Gasteiger partial charge in [-0.15, -0.1) is 11.8 Å². The lowest BCUT2D eigenvalue weighted by molar-refractivity contribution is 0.289. The van der Waals surface area contributed by atoms with Crippen molar-refractivity contribution in [3.8, 4) is 0 Å². The molecule has 2 rings (SSSR count). The average molecular weight is 259 g/mol. The first-order valence-corrected chi connectivity index (χ1v) is 6.10. The maximum atomic E-state index is 8.86. The molecule has 2 heterocycles. The molecule has 0 amide bonds. The van der Waals surface area contributed by atoms with Gasteiger partial charge in [-0.05, 0) is 6.42 Å². The van der Waals surface area contributed by atoms with E-state index in [1.807, 2.05) is 6.92 Å². The van der Waals surface area contributed by atoms with Gasteiger partial charge < -0.3 is 5.11 Å². The van der Waals surface area contributed by atoms with Crippen LogP contribution in [0.4, 0.5) is 0 Å². The number of rotatable bonds is 4. The molecular formula is C9H11ClN4OS. The van der Waals surface area contributed by atoms with E-state index in [0.717, 1.165) is 11.4 Å². The molecule has 7 heteroatoms. The molecular weight excluding hydrogens is 248 g/mol. The van der Waals surface area contributed by atoms with Crippen LogP contribution in [-0.2, 0) is 0 Å². The van der Waals surface area contributed by atoms with Crippen LogP contribution in [0.2, 0.25) is 5.15 Å². The summed E-state index contributed by atoms with van der Waals surface area (Å²) in [5.41, 5.74) is 0. The number of hydrogen-bond donors (Lipinski definition) is 1. The fourth-order valence-electron chi connectivity index (χ4n) is 1.29. The minimum atomic E-state index is 0.174. The zero-order valence-corrected chi connectivity index (χ0v) is 10.2. The van der Waals surface area contributed by atoms with Gasteiger partial charge in [0.25, 0.3) is 5.78 Å². The molecule has 5 nitrogen and oxygen atoms in total. The van der Waals surface area contributed by atoms with Gasteiger partial charge in [0.2, 0.25) is 0 Å². The van der Waals surface area contributed by atoms with Gasteiger partial charge in [0, 0.05) is 17.9 Å². The van der Waals surface area contributed by atoms with E-state index in [-0.39, 0.29) is 11.9 Å². The largest absolute Gasteiger partial charge is 0.396 e. The summed E-state index contributed by atoms with van der Waals surface area (Å²) in [5.74, 6) is 0.492. The van der Waals surface area contributed by atoms with Gasteiger partial charge in [-0.2, -0.15) is 19.6 Å². The Hall–Kier alpha value is -0.850. The predicted octanol–water partition coefficient (Wildman–Crippen LogP) is 1.64. The van der Waals surface area contributed by atoms with Crippen molar-refractivity contribution in [2.45, 2.75) is 23.6 Å². The summed E-state index contributed by atoms with van der Waals surface area (Å²) >= 11 is 7.48. The minimum absolute atomic E-state index is 0.174. The van der Waals surface area contributed by atoms with E-state index in [0.29, 0.717) is 10.9 Å². The summed E-state index contributed by atoms with van der Waals surface area (Å²) in [4.78, 5) is 8.03. The number of fused-ring (bicyclic) bond motifs is 1. The van der Waals surface area contributed by atoms with E-state index in [2.05, 4.69) is 15.1 Å². The third-order valence-electron chi connectivity index (χ3n) is 2.05. The molecule has 0 saturated heterocycles. The topological polar surface area (TPSA) is 63.3 Å². The highest BCUT2D eigenvalue weighted by atomic mass is 35.5. The van der Waals surface area contributed by atoms with E-state index in [1.165, 1.54) is 6.33 Å². The van der Waals surface area contributed by atoms with Crippen LogP contribution in [0.1, 0.15) is 13.3 Å². The Morgan fingerprint density at radius 1 is 1.62 bits per heavy atom. The van der Waals surface area contributed by atoms with Crippen molar-refractivity contribution in [1.29, 1.82) is 0 Å². The van der Waals surface area contributed by atoms with Crippen LogP contribution in [0.5, 0.6) is 0 Å². The highest BCUT2D eigenvalue weighted by Gasteiger charge is 2.10. The van der Waals surface area contributed by atoms with Crippen LogP contribution in [0, 0.1) is 0 Å². The fraction of sp³-hybridized carbons (Fsp3) is 0.444. The summed E-state index contributed by atoms with van der Waals surface area (Å²) in [6.45, 7) is 2.21. The van der Waals surface area contributed by atoms with Crippen molar-refractivity contribution in [2.24, 2.45) is 0 Å². The number of aliphatic hydroxyl groups is 1. The van der Waals surface area contributed by atoms with Crippen molar-refractivity contribution >= 4 is 29.1 Å². The summed E-state index contributed by atoms with van der Waals surface area (Å²) in [7, 11) is 0. The van der Waals surface area contributed by atoms with Crippen molar-refractivity contribution in [3.05, 3.63) is 17.5 Å². The Morgan fingerprint density at radius 3 is 3.19 bits per heavy atom. The third kappa shape index (κ3) is 2.45. The summed E-state index contributed by atoms with van der Waals surface area (Å²) in [6, 6.07) is 1.75. The van der Waals surface area contributed by atoms with Crippen LogP contribution >= 0.6 is 23.4 Å². The maximum absolute atomic E-state index is 8.86. The van der Waals surface area contributed by atoms with Gasteiger partial charge in [0.1, 0.15) is 16.5 Å². The molecule has 1 atom stereocenters. The second-order valence-electron chi connectivity index (χ2n) is 3.33. The van der Waals surface area contributed by atoms with E-state index in [9.17, 15) is 0 Å². The summed E-state index contributed by atoms with van der Waals surface area (Å²) in [6.07, 6.45) is 2.17. The second-order valence-corrected chi connectivity index (χ2v) is 5.18. The highest BCUT2D eigenvalue weighted by molar-refractivity contribution is 7.99. The monoisotopic (exact) mass is 258 g/mol. The molecule has 0 aliphatic rings. The molecule has 0 aliphatic heterocycles. The van der Waals surface area contributed by atoms with Crippen LogP contribution < -0.4 is 0 Å². The smallest absolute Gasteiger partial charge is 0.254 e. The van der Waals surface area contributed by atoms with Crippen LogP contribution in [0.3, 0.4) is 0 Å². The van der Waals surface area contributed by atoms with Crippen molar-refractivity contribution in [1.82, 2.24) is 19.6 Å². The zero-order valence-electron chi connectivity index (χ0n) is 8.67. The van der Waals surface area contributed by atoms with E-state index >= 15 is 0 Å². The lowest BCUT2D eigenvalue weighted by Gasteiger charge is -2.09. The Labute approximate surface area is 102 Å². The van der Waals surface area contributed by atoms with Gasteiger partial charge in [0.05, 0.1) is 0 Å². The first kappa shape index (κ1) is 11.6. The zero-order chi connectivity index (χ0) is 11.5. The van der Waals surface area contributed by atoms with Crippen molar-refractivity contribution in [3.63, 3.8) is 0 Å². The van der Waals surface area contributed by atoms with E-state index in [4.69, 9.17) is 16.7 Å². The molecule has 0 spiro atoms. The van der Waals surface area contributed by atoms with Gasteiger partial charge in [0.15, 0.2) is 0 Å². The quantitative estimate of drug-likeness (QED) is 0.667. The molecule has 16 heavy (non-hydrogen) atoms. The van der Waals surface area contributed by atoms with Gasteiger partial charge in [-0.3, -0.25) is 0 Å². The molecule has 1 N–H and O–H groups in total. The molecule has 0 bridgehead atoms. The lowest BCUT2D eigenvalue weighted by Crippen LogP contribution is -2.03. The minimum Gasteiger partial charge on any atom is -0.396 e. The number of nitrogens with zero attached hydrogens (tertiary/aromatic N) is 4. The molecule has 2 aromatic rings. The Morgan fingerprint density at radius 2 is 2.44 bits per heavy atom. The number of aromatic nitrogens is 4. The Kier molecular flexibility index (Phi) is 3.63. The third-order valence-corrected chi connectivity index (χ3v) is 3.41. The molecule has 0 fully saturated rings. The SMILES string of the molecule is CC(CCO)Sc1cc(Cl)nc2ncnn12. The number of halogens is 1. The van der Waals surface area contributed by atoms with Gasteiger partial charge >= 0.3 is 0 Å². The molecule has 0 radical (unpaired) electrons.